The number of non-ortho nitro benzene ring substituents is 1. The van der Waals surface area contributed by atoms with Crippen LogP contribution in [-0.2, 0) is 0 Å². The topological polar surface area (TPSA) is 71.6 Å². The van der Waals surface area contributed by atoms with Crippen LogP contribution in [-0.4, -0.2) is 15.6 Å². The number of nitro groups is 1. The summed E-state index contributed by atoms with van der Waals surface area (Å²) in [5, 5.41) is 22.3. The van der Waals surface area contributed by atoms with Gasteiger partial charge in [0.2, 0.25) is 5.13 Å². The maximum Gasteiger partial charge on any atom is 0.269 e. The highest BCUT2D eigenvalue weighted by atomic mass is 32.1. The fourth-order valence-corrected chi connectivity index (χ4v) is 5.03. The van der Waals surface area contributed by atoms with Crippen molar-refractivity contribution in [2.45, 2.75) is 12.5 Å². The van der Waals surface area contributed by atoms with Gasteiger partial charge in [-0.2, -0.15) is 5.10 Å². The van der Waals surface area contributed by atoms with Gasteiger partial charge in [0.25, 0.3) is 5.69 Å². The molecule has 5 rings (SSSR count). The molecule has 9 heteroatoms. The molecule has 6 nitrogen and oxygen atoms in total. The molecule has 0 bridgehead atoms. The van der Waals surface area contributed by atoms with Gasteiger partial charge >= 0.3 is 0 Å². The Bertz CT molecular complexity index is 1250. The van der Waals surface area contributed by atoms with Crippen molar-refractivity contribution >= 4 is 39.2 Å². The lowest BCUT2D eigenvalue weighted by Gasteiger charge is -2.21. The molecule has 0 spiro atoms. The molecule has 1 aliphatic rings. The standard InChI is InChI=1S/C22H15FN4O2S2/c23-16-7-3-15(4-8-16)20-12-18(21-2-1-11-30-21)25-26(20)22-24-19(13-31-22)14-5-9-17(10-6-14)27(28)29/h1-11,13,20H,12H2/t20-/m1/s1. The molecule has 1 aliphatic heterocycles. The highest BCUT2D eigenvalue weighted by Crippen LogP contribution is 2.40. The molecular weight excluding hydrogens is 435 g/mol. The number of benzene rings is 2. The smallest absolute Gasteiger partial charge is 0.258 e. The summed E-state index contributed by atoms with van der Waals surface area (Å²) >= 11 is 3.09. The zero-order valence-corrected chi connectivity index (χ0v) is 17.6. The van der Waals surface area contributed by atoms with Gasteiger partial charge in [0.15, 0.2) is 0 Å². The highest BCUT2D eigenvalue weighted by Gasteiger charge is 2.32. The molecule has 0 radical (unpaired) electrons. The van der Waals surface area contributed by atoms with E-state index < -0.39 is 4.92 Å². The predicted molar refractivity (Wildman–Crippen MR) is 121 cm³/mol. The summed E-state index contributed by atoms with van der Waals surface area (Å²) in [6, 6.07) is 16.8. The van der Waals surface area contributed by atoms with Crippen LogP contribution in [0.15, 0.2) is 76.5 Å². The minimum absolute atomic E-state index is 0.0420. The van der Waals surface area contributed by atoms with Crippen LogP contribution in [0.5, 0.6) is 0 Å². The average Bonchev–Trinajstić information content (AvgIpc) is 3.54. The van der Waals surface area contributed by atoms with Gasteiger partial charge in [-0.1, -0.05) is 18.2 Å². The molecule has 2 aromatic heterocycles. The Morgan fingerprint density at radius 3 is 2.52 bits per heavy atom. The van der Waals surface area contributed by atoms with Gasteiger partial charge in [0.05, 0.1) is 27.2 Å². The summed E-state index contributed by atoms with van der Waals surface area (Å²) in [5.41, 5.74) is 3.50. The molecule has 2 aromatic carbocycles. The first kappa shape index (κ1) is 19.5. The van der Waals surface area contributed by atoms with E-state index in [0.29, 0.717) is 11.6 Å². The fourth-order valence-electron chi connectivity index (χ4n) is 3.48. The molecule has 0 unspecified atom stereocenters. The Morgan fingerprint density at radius 2 is 1.84 bits per heavy atom. The lowest BCUT2D eigenvalue weighted by atomic mass is 10.0. The number of anilines is 1. The molecule has 0 saturated heterocycles. The number of halogens is 1. The maximum atomic E-state index is 13.5. The first-order chi connectivity index (χ1) is 15.1. The summed E-state index contributed by atoms with van der Waals surface area (Å²) in [4.78, 5) is 16.3. The largest absolute Gasteiger partial charge is 0.269 e. The number of hydrazone groups is 1. The third-order valence-corrected chi connectivity index (χ3v) is 6.78. The van der Waals surface area contributed by atoms with E-state index in [1.165, 1.54) is 35.6 Å². The quantitative estimate of drug-likeness (QED) is 0.265. The minimum atomic E-state index is -0.422. The van der Waals surface area contributed by atoms with Crippen molar-refractivity contribution in [2.75, 3.05) is 5.01 Å². The predicted octanol–water partition coefficient (Wildman–Crippen LogP) is 6.27. The van der Waals surface area contributed by atoms with Crippen molar-refractivity contribution < 1.29 is 9.31 Å². The Kier molecular flexibility index (Phi) is 5.05. The van der Waals surface area contributed by atoms with Gasteiger partial charge in [-0.25, -0.2) is 14.4 Å². The van der Waals surface area contributed by atoms with Crippen molar-refractivity contribution in [3.8, 4) is 11.3 Å². The minimum Gasteiger partial charge on any atom is -0.258 e. The van der Waals surface area contributed by atoms with Crippen LogP contribution >= 0.6 is 22.7 Å². The number of thiophene rings is 1. The van der Waals surface area contributed by atoms with E-state index in [1.54, 1.807) is 35.6 Å². The molecule has 1 atom stereocenters. The summed E-state index contributed by atoms with van der Waals surface area (Å²) in [7, 11) is 0. The summed E-state index contributed by atoms with van der Waals surface area (Å²) < 4.78 is 13.5. The zero-order valence-electron chi connectivity index (χ0n) is 16.0. The molecule has 3 heterocycles. The van der Waals surface area contributed by atoms with Crippen molar-refractivity contribution in [2.24, 2.45) is 5.10 Å². The number of nitro benzene ring substituents is 1. The van der Waals surface area contributed by atoms with Crippen LogP contribution in [0.1, 0.15) is 22.9 Å². The summed E-state index contributed by atoms with van der Waals surface area (Å²) in [6.07, 6.45) is 0.693. The second-order valence-corrected chi connectivity index (χ2v) is 8.74. The molecule has 0 aliphatic carbocycles. The molecule has 0 fully saturated rings. The molecule has 0 saturated carbocycles. The van der Waals surface area contributed by atoms with Gasteiger partial charge < -0.3 is 0 Å². The van der Waals surface area contributed by atoms with Crippen molar-refractivity contribution in [3.05, 3.63) is 97.8 Å². The normalized spacial score (nSPS) is 15.8. The Morgan fingerprint density at radius 1 is 1.06 bits per heavy atom. The number of hydrogen-bond donors (Lipinski definition) is 0. The Hall–Kier alpha value is -3.43. The molecule has 0 amide bonds. The summed E-state index contributed by atoms with van der Waals surface area (Å²) in [5.74, 6) is -0.276. The molecule has 154 valence electrons. The lowest BCUT2D eigenvalue weighted by molar-refractivity contribution is -0.384. The first-order valence-corrected chi connectivity index (χ1v) is 11.2. The Labute approximate surface area is 185 Å². The van der Waals surface area contributed by atoms with Crippen LogP contribution in [0, 0.1) is 15.9 Å². The van der Waals surface area contributed by atoms with E-state index in [-0.39, 0.29) is 17.5 Å². The lowest BCUT2D eigenvalue weighted by Crippen LogP contribution is -2.18. The number of nitrogens with zero attached hydrogens (tertiary/aromatic N) is 4. The van der Waals surface area contributed by atoms with E-state index in [2.05, 4.69) is 0 Å². The van der Waals surface area contributed by atoms with Gasteiger partial charge in [0.1, 0.15) is 5.82 Å². The maximum absolute atomic E-state index is 13.5. The van der Waals surface area contributed by atoms with Gasteiger partial charge in [-0.3, -0.25) is 10.1 Å². The van der Waals surface area contributed by atoms with Crippen molar-refractivity contribution in [1.29, 1.82) is 0 Å². The third-order valence-electron chi connectivity index (χ3n) is 5.03. The third kappa shape index (κ3) is 3.85. The summed E-state index contributed by atoms with van der Waals surface area (Å²) in [6.45, 7) is 0. The van der Waals surface area contributed by atoms with E-state index in [9.17, 15) is 14.5 Å². The monoisotopic (exact) mass is 450 g/mol. The van der Waals surface area contributed by atoms with Gasteiger partial charge in [0, 0.05) is 29.5 Å². The van der Waals surface area contributed by atoms with Crippen LogP contribution in [0.4, 0.5) is 15.2 Å². The number of rotatable bonds is 5. The number of aromatic nitrogens is 1. The first-order valence-electron chi connectivity index (χ1n) is 9.45. The van der Waals surface area contributed by atoms with Crippen molar-refractivity contribution in [3.63, 3.8) is 0 Å². The van der Waals surface area contributed by atoms with Crippen LogP contribution in [0.25, 0.3) is 11.3 Å². The highest BCUT2D eigenvalue weighted by molar-refractivity contribution is 7.14. The van der Waals surface area contributed by atoms with Crippen LogP contribution in [0.3, 0.4) is 0 Å². The van der Waals surface area contributed by atoms with E-state index >= 15 is 0 Å². The van der Waals surface area contributed by atoms with Crippen LogP contribution in [0.2, 0.25) is 0 Å². The van der Waals surface area contributed by atoms with E-state index in [1.807, 2.05) is 27.9 Å². The molecule has 4 aromatic rings. The Balaban J connectivity index is 1.49. The van der Waals surface area contributed by atoms with E-state index in [4.69, 9.17) is 10.1 Å². The second-order valence-electron chi connectivity index (χ2n) is 6.96. The van der Waals surface area contributed by atoms with Crippen molar-refractivity contribution in [1.82, 2.24) is 4.98 Å². The average molecular weight is 451 g/mol. The van der Waals surface area contributed by atoms with Gasteiger partial charge in [-0.05, 0) is 41.3 Å². The fraction of sp³-hybridized carbons (Fsp3) is 0.0909. The van der Waals surface area contributed by atoms with E-state index in [0.717, 1.165) is 27.4 Å². The van der Waals surface area contributed by atoms with Gasteiger partial charge in [-0.15, -0.1) is 22.7 Å². The molecule has 31 heavy (non-hydrogen) atoms. The number of thiazole rings is 1. The molecular formula is C22H15FN4O2S2. The molecule has 0 N–H and O–H groups in total. The number of hydrogen-bond acceptors (Lipinski definition) is 7. The second kappa shape index (κ2) is 8.01. The SMILES string of the molecule is O=[N+]([O-])c1ccc(-c2csc(N3N=C(c4cccs4)C[C@@H]3c3ccc(F)cc3)n2)cc1. The zero-order chi connectivity index (χ0) is 21.4. The van der Waals surface area contributed by atoms with Crippen LogP contribution < -0.4 is 5.01 Å².